The highest BCUT2D eigenvalue weighted by Gasteiger charge is 1.98. The zero-order valence-corrected chi connectivity index (χ0v) is 8.86. The molecule has 0 bridgehead atoms. The summed E-state index contributed by atoms with van der Waals surface area (Å²) in [5.74, 6) is 1.91. The van der Waals surface area contributed by atoms with E-state index in [2.05, 4.69) is 6.92 Å². The third-order valence-electron chi connectivity index (χ3n) is 1.52. The predicted molar refractivity (Wildman–Crippen MR) is 58.4 cm³/mol. The molecule has 2 nitrogen and oxygen atoms in total. The molecule has 0 heterocycles. The first-order valence-electron chi connectivity index (χ1n) is 4.42. The molecule has 0 radical (unpaired) electrons. The lowest BCUT2D eigenvalue weighted by atomic mass is 10.3. The quantitative estimate of drug-likeness (QED) is 0.595. The molecule has 0 atom stereocenters. The van der Waals surface area contributed by atoms with Gasteiger partial charge in [-0.3, -0.25) is 0 Å². The van der Waals surface area contributed by atoms with Crippen molar-refractivity contribution in [1.29, 1.82) is 0 Å². The lowest BCUT2D eigenvalue weighted by molar-refractivity contribution is 0.339. The second kappa shape index (κ2) is 5.02. The van der Waals surface area contributed by atoms with Crippen LogP contribution in [0.3, 0.4) is 0 Å². The predicted octanol–water partition coefficient (Wildman–Crippen LogP) is 2.78. The number of ether oxygens (including phenoxy) is 1. The highest BCUT2D eigenvalue weighted by atomic mass is 32.2. The molecule has 0 amide bonds. The molecule has 0 aliphatic carbocycles. The van der Waals surface area contributed by atoms with Crippen LogP contribution in [-0.4, -0.2) is 12.4 Å². The van der Waals surface area contributed by atoms with Gasteiger partial charge in [0.05, 0.1) is 6.61 Å². The number of anilines is 1. The standard InChI is InChI=1S/C10H15NOS/c1-3-12-9-5-8(11)6-10(7-9)13-4-2/h5-7H,3-4,11H2,1-2H3. The minimum absolute atomic E-state index is 0.680. The maximum atomic E-state index is 5.73. The maximum absolute atomic E-state index is 5.73. The van der Waals surface area contributed by atoms with E-state index in [1.807, 2.05) is 25.1 Å². The molecule has 0 fully saturated rings. The van der Waals surface area contributed by atoms with E-state index >= 15 is 0 Å². The minimum Gasteiger partial charge on any atom is -0.494 e. The van der Waals surface area contributed by atoms with Crippen molar-refractivity contribution in [3.05, 3.63) is 18.2 Å². The van der Waals surface area contributed by atoms with Crippen LogP contribution in [0.2, 0.25) is 0 Å². The van der Waals surface area contributed by atoms with Crippen LogP contribution in [0, 0.1) is 0 Å². The topological polar surface area (TPSA) is 35.2 Å². The summed E-state index contributed by atoms with van der Waals surface area (Å²) in [7, 11) is 0. The van der Waals surface area contributed by atoms with E-state index in [-0.39, 0.29) is 0 Å². The van der Waals surface area contributed by atoms with Crippen LogP contribution in [0.15, 0.2) is 23.1 Å². The van der Waals surface area contributed by atoms with Crippen LogP contribution in [0.5, 0.6) is 5.75 Å². The molecule has 1 rings (SSSR count). The Kier molecular flexibility index (Phi) is 3.96. The SMILES string of the molecule is CCOc1cc(N)cc(SCC)c1. The van der Waals surface area contributed by atoms with Gasteiger partial charge in [-0.2, -0.15) is 0 Å². The molecule has 0 saturated heterocycles. The molecule has 0 aliphatic rings. The van der Waals surface area contributed by atoms with Crippen molar-refractivity contribution in [3.8, 4) is 5.75 Å². The van der Waals surface area contributed by atoms with Gasteiger partial charge >= 0.3 is 0 Å². The Morgan fingerprint density at radius 1 is 1.31 bits per heavy atom. The Hall–Kier alpha value is -0.830. The molecule has 0 saturated carbocycles. The Balaban J connectivity index is 2.83. The van der Waals surface area contributed by atoms with Crippen LogP contribution in [0.1, 0.15) is 13.8 Å². The smallest absolute Gasteiger partial charge is 0.122 e. The molecule has 1 aromatic carbocycles. The molecule has 2 N–H and O–H groups in total. The Labute approximate surface area is 83.5 Å². The van der Waals surface area contributed by atoms with Crippen LogP contribution in [0.25, 0.3) is 0 Å². The number of nitrogen functional groups attached to an aromatic ring is 1. The molecule has 0 aromatic heterocycles. The first-order chi connectivity index (χ1) is 6.26. The van der Waals surface area contributed by atoms with Gasteiger partial charge in [0.2, 0.25) is 0 Å². The number of nitrogens with two attached hydrogens (primary N) is 1. The van der Waals surface area contributed by atoms with Gasteiger partial charge in [0.25, 0.3) is 0 Å². The third-order valence-corrected chi connectivity index (χ3v) is 2.38. The number of rotatable bonds is 4. The molecule has 13 heavy (non-hydrogen) atoms. The average molecular weight is 197 g/mol. The van der Waals surface area contributed by atoms with Gasteiger partial charge in [0, 0.05) is 16.6 Å². The fraction of sp³-hybridized carbons (Fsp3) is 0.400. The molecular formula is C10H15NOS. The van der Waals surface area contributed by atoms with Gasteiger partial charge in [-0.25, -0.2) is 0 Å². The fourth-order valence-corrected chi connectivity index (χ4v) is 1.85. The van der Waals surface area contributed by atoms with Crippen LogP contribution in [-0.2, 0) is 0 Å². The third kappa shape index (κ3) is 3.19. The lowest BCUT2D eigenvalue weighted by Gasteiger charge is -2.06. The maximum Gasteiger partial charge on any atom is 0.122 e. The highest BCUT2D eigenvalue weighted by Crippen LogP contribution is 2.26. The monoisotopic (exact) mass is 197 g/mol. The van der Waals surface area contributed by atoms with E-state index in [0.29, 0.717) is 6.61 Å². The van der Waals surface area contributed by atoms with Crippen LogP contribution < -0.4 is 10.5 Å². The van der Waals surface area contributed by atoms with Gasteiger partial charge in [-0.15, -0.1) is 11.8 Å². The Morgan fingerprint density at radius 2 is 2.08 bits per heavy atom. The summed E-state index contributed by atoms with van der Waals surface area (Å²) in [5, 5.41) is 0. The summed E-state index contributed by atoms with van der Waals surface area (Å²) in [6.07, 6.45) is 0. The van der Waals surface area contributed by atoms with Crippen molar-refractivity contribution in [2.45, 2.75) is 18.7 Å². The van der Waals surface area contributed by atoms with E-state index in [1.54, 1.807) is 11.8 Å². The van der Waals surface area contributed by atoms with Crippen molar-refractivity contribution in [1.82, 2.24) is 0 Å². The van der Waals surface area contributed by atoms with Crippen molar-refractivity contribution in [2.75, 3.05) is 18.1 Å². The second-order valence-corrected chi connectivity index (χ2v) is 3.94. The van der Waals surface area contributed by atoms with E-state index < -0.39 is 0 Å². The average Bonchev–Trinajstić information content (AvgIpc) is 2.04. The van der Waals surface area contributed by atoms with Crippen molar-refractivity contribution in [3.63, 3.8) is 0 Å². The summed E-state index contributed by atoms with van der Waals surface area (Å²) < 4.78 is 5.38. The van der Waals surface area contributed by atoms with Crippen molar-refractivity contribution in [2.24, 2.45) is 0 Å². The minimum atomic E-state index is 0.680. The van der Waals surface area contributed by atoms with Crippen molar-refractivity contribution >= 4 is 17.4 Å². The van der Waals surface area contributed by atoms with Gasteiger partial charge in [-0.05, 0) is 24.8 Å². The van der Waals surface area contributed by atoms with E-state index in [4.69, 9.17) is 10.5 Å². The summed E-state index contributed by atoms with van der Waals surface area (Å²) in [6, 6.07) is 5.84. The highest BCUT2D eigenvalue weighted by molar-refractivity contribution is 7.99. The lowest BCUT2D eigenvalue weighted by Crippen LogP contribution is -1.93. The summed E-state index contributed by atoms with van der Waals surface area (Å²) in [6.45, 7) is 4.77. The van der Waals surface area contributed by atoms with Gasteiger partial charge in [0.1, 0.15) is 5.75 Å². The second-order valence-electron chi connectivity index (χ2n) is 2.60. The van der Waals surface area contributed by atoms with Crippen LogP contribution in [0.4, 0.5) is 5.69 Å². The molecule has 72 valence electrons. The number of thioether (sulfide) groups is 1. The molecular weight excluding hydrogens is 182 g/mol. The van der Waals surface area contributed by atoms with Gasteiger partial charge in [0.15, 0.2) is 0 Å². The number of benzene rings is 1. The fourth-order valence-electron chi connectivity index (χ4n) is 1.09. The van der Waals surface area contributed by atoms with E-state index in [0.717, 1.165) is 17.2 Å². The normalized spacial score (nSPS) is 10.0. The largest absolute Gasteiger partial charge is 0.494 e. The molecule has 0 spiro atoms. The van der Waals surface area contributed by atoms with Crippen molar-refractivity contribution < 1.29 is 4.74 Å². The van der Waals surface area contributed by atoms with E-state index in [1.165, 1.54) is 4.90 Å². The van der Waals surface area contributed by atoms with Gasteiger partial charge in [-0.1, -0.05) is 6.92 Å². The summed E-state index contributed by atoms with van der Waals surface area (Å²) in [5.41, 5.74) is 6.49. The van der Waals surface area contributed by atoms with E-state index in [9.17, 15) is 0 Å². The van der Waals surface area contributed by atoms with Gasteiger partial charge < -0.3 is 10.5 Å². The molecule has 3 heteroatoms. The first-order valence-corrected chi connectivity index (χ1v) is 5.41. The molecule has 0 aliphatic heterocycles. The first kappa shape index (κ1) is 10.3. The number of hydrogen-bond acceptors (Lipinski definition) is 3. The molecule has 1 aromatic rings. The summed E-state index contributed by atoms with van der Waals surface area (Å²) in [4.78, 5) is 1.17. The Bertz CT molecular complexity index is 251. The zero-order chi connectivity index (χ0) is 9.68. The summed E-state index contributed by atoms with van der Waals surface area (Å²) >= 11 is 1.77. The molecule has 0 unspecified atom stereocenters. The zero-order valence-electron chi connectivity index (χ0n) is 8.04. The Morgan fingerprint density at radius 3 is 2.69 bits per heavy atom. The number of hydrogen-bond donors (Lipinski definition) is 1. The van der Waals surface area contributed by atoms with Crippen LogP contribution >= 0.6 is 11.8 Å².